The van der Waals surface area contributed by atoms with E-state index in [1.165, 1.54) is 4.68 Å². The van der Waals surface area contributed by atoms with E-state index < -0.39 is 17.5 Å². The Bertz CT molecular complexity index is 670. The summed E-state index contributed by atoms with van der Waals surface area (Å²) >= 11 is 5.96. The third-order valence-corrected chi connectivity index (χ3v) is 3.34. The van der Waals surface area contributed by atoms with Crippen LogP contribution >= 0.6 is 11.6 Å². The predicted molar refractivity (Wildman–Crippen MR) is 71.7 cm³/mol. The quantitative estimate of drug-likeness (QED) is 0.947. The molecule has 1 heterocycles. The number of benzene rings is 1. The number of nitrogens with zero attached hydrogens (tertiary/aromatic N) is 2. The fourth-order valence-electron chi connectivity index (χ4n) is 1.75. The van der Waals surface area contributed by atoms with Crippen molar-refractivity contribution < 1.29 is 13.6 Å². The second-order valence-electron chi connectivity index (χ2n) is 4.31. The lowest BCUT2D eigenvalue weighted by molar-refractivity contribution is -0.117. The second-order valence-corrected chi connectivity index (χ2v) is 4.69. The zero-order valence-electron chi connectivity index (χ0n) is 10.9. The van der Waals surface area contributed by atoms with Crippen molar-refractivity contribution in [2.75, 3.05) is 5.32 Å². The molecule has 106 valence electrons. The van der Waals surface area contributed by atoms with Crippen molar-refractivity contribution in [1.82, 2.24) is 9.78 Å². The molecule has 20 heavy (non-hydrogen) atoms. The highest BCUT2D eigenvalue weighted by atomic mass is 35.5. The molecule has 1 N–H and O–H groups in total. The third kappa shape index (κ3) is 2.96. The van der Waals surface area contributed by atoms with Gasteiger partial charge in [0, 0.05) is 6.07 Å². The minimum absolute atomic E-state index is 0.130. The molecule has 0 aliphatic rings. The molecule has 1 amide bonds. The molecule has 0 bridgehead atoms. The highest BCUT2D eigenvalue weighted by Crippen LogP contribution is 2.19. The number of hydrogen-bond acceptors (Lipinski definition) is 2. The lowest BCUT2D eigenvalue weighted by atomic mass is 10.3. The summed E-state index contributed by atoms with van der Waals surface area (Å²) in [5, 5.41) is 6.87. The van der Waals surface area contributed by atoms with Gasteiger partial charge in [-0.1, -0.05) is 11.6 Å². The number of aromatic nitrogens is 2. The van der Waals surface area contributed by atoms with Crippen LogP contribution in [0.4, 0.5) is 14.5 Å². The van der Waals surface area contributed by atoms with Crippen LogP contribution in [0.5, 0.6) is 0 Å². The molecule has 0 saturated carbocycles. The molecule has 0 radical (unpaired) electrons. The zero-order valence-corrected chi connectivity index (χ0v) is 11.6. The van der Waals surface area contributed by atoms with Gasteiger partial charge in [-0.2, -0.15) is 5.10 Å². The number of halogens is 3. The van der Waals surface area contributed by atoms with Crippen LogP contribution in [-0.2, 0) is 11.3 Å². The van der Waals surface area contributed by atoms with Crippen LogP contribution in [0.15, 0.2) is 18.2 Å². The van der Waals surface area contributed by atoms with E-state index in [9.17, 15) is 13.6 Å². The van der Waals surface area contributed by atoms with Gasteiger partial charge < -0.3 is 5.32 Å². The van der Waals surface area contributed by atoms with Gasteiger partial charge in [0.25, 0.3) is 0 Å². The number of rotatable bonds is 3. The van der Waals surface area contributed by atoms with Crippen LogP contribution in [0.1, 0.15) is 11.4 Å². The van der Waals surface area contributed by atoms with Crippen LogP contribution in [-0.4, -0.2) is 15.7 Å². The first kappa shape index (κ1) is 14.5. The first-order chi connectivity index (χ1) is 9.38. The van der Waals surface area contributed by atoms with Crippen molar-refractivity contribution >= 4 is 23.2 Å². The van der Waals surface area contributed by atoms with E-state index in [1.807, 2.05) is 0 Å². The van der Waals surface area contributed by atoms with Crippen LogP contribution in [0, 0.1) is 25.5 Å². The summed E-state index contributed by atoms with van der Waals surface area (Å²) in [5.41, 5.74) is 1.04. The largest absolute Gasteiger partial charge is 0.322 e. The third-order valence-electron chi connectivity index (χ3n) is 2.79. The molecule has 2 rings (SSSR count). The Hall–Kier alpha value is -1.95. The highest BCUT2D eigenvalue weighted by molar-refractivity contribution is 6.31. The van der Waals surface area contributed by atoms with Gasteiger partial charge in [-0.15, -0.1) is 0 Å². The maximum atomic E-state index is 13.4. The van der Waals surface area contributed by atoms with Gasteiger partial charge in [0.15, 0.2) is 0 Å². The molecule has 0 atom stereocenters. The van der Waals surface area contributed by atoms with Gasteiger partial charge in [-0.25, -0.2) is 8.78 Å². The van der Waals surface area contributed by atoms with E-state index in [0.29, 0.717) is 16.4 Å². The van der Waals surface area contributed by atoms with Crippen molar-refractivity contribution in [2.24, 2.45) is 0 Å². The maximum absolute atomic E-state index is 13.4. The van der Waals surface area contributed by atoms with Gasteiger partial charge >= 0.3 is 0 Å². The van der Waals surface area contributed by atoms with Crippen LogP contribution in [0.2, 0.25) is 5.02 Å². The lowest BCUT2D eigenvalue weighted by Crippen LogP contribution is -2.21. The van der Waals surface area contributed by atoms with Gasteiger partial charge in [-0.05, 0) is 26.0 Å². The Morgan fingerprint density at radius 2 is 2.10 bits per heavy atom. The molecule has 0 fully saturated rings. The van der Waals surface area contributed by atoms with Crippen LogP contribution < -0.4 is 5.32 Å². The van der Waals surface area contributed by atoms with Gasteiger partial charge in [0.05, 0.1) is 22.1 Å². The summed E-state index contributed by atoms with van der Waals surface area (Å²) in [6.45, 7) is 3.31. The molecule has 1 aromatic carbocycles. The fraction of sp³-hybridized carbons (Fsp3) is 0.231. The number of anilines is 1. The van der Waals surface area contributed by atoms with Gasteiger partial charge in [0.1, 0.15) is 18.2 Å². The zero-order chi connectivity index (χ0) is 14.9. The van der Waals surface area contributed by atoms with Crippen LogP contribution in [0.3, 0.4) is 0 Å². The topological polar surface area (TPSA) is 46.9 Å². The van der Waals surface area contributed by atoms with Crippen molar-refractivity contribution in [1.29, 1.82) is 0 Å². The summed E-state index contributed by atoms with van der Waals surface area (Å²) in [5.74, 6) is -1.85. The van der Waals surface area contributed by atoms with Crippen molar-refractivity contribution in [3.63, 3.8) is 0 Å². The maximum Gasteiger partial charge on any atom is 0.246 e. The average molecular weight is 300 g/mol. The summed E-state index contributed by atoms with van der Waals surface area (Å²) in [7, 11) is 0. The summed E-state index contributed by atoms with van der Waals surface area (Å²) < 4.78 is 27.8. The molecule has 0 unspecified atom stereocenters. The number of carbonyl (C=O) groups is 1. The first-order valence-corrected chi connectivity index (χ1v) is 6.20. The van der Waals surface area contributed by atoms with E-state index in [-0.39, 0.29) is 12.2 Å². The van der Waals surface area contributed by atoms with E-state index in [4.69, 9.17) is 11.6 Å². The Morgan fingerprint density at radius 3 is 2.70 bits per heavy atom. The number of amides is 1. The summed E-state index contributed by atoms with van der Waals surface area (Å²) in [6, 6.07) is 2.85. The van der Waals surface area contributed by atoms with Gasteiger partial charge in [-0.3, -0.25) is 9.48 Å². The van der Waals surface area contributed by atoms with Crippen molar-refractivity contribution in [3.8, 4) is 0 Å². The monoisotopic (exact) mass is 299 g/mol. The molecule has 1 aromatic heterocycles. The van der Waals surface area contributed by atoms with E-state index in [1.54, 1.807) is 13.8 Å². The smallest absolute Gasteiger partial charge is 0.246 e. The Labute approximate surface area is 119 Å². The average Bonchev–Trinajstić information content (AvgIpc) is 2.61. The molecular weight excluding hydrogens is 288 g/mol. The molecule has 0 spiro atoms. The lowest BCUT2D eigenvalue weighted by Gasteiger charge is -2.07. The highest BCUT2D eigenvalue weighted by Gasteiger charge is 2.13. The summed E-state index contributed by atoms with van der Waals surface area (Å²) in [6.07, 6.45) is 0. The number of hydrogen-bond donors (Lipinski definition) is 1. The van der Waals surface area contributed by atoms with E-state index >= 15 is 0 Å². The number of carbonyl (C=O) groups excluding carboxylic acids is 1. The van der Waals surface area contributed by atoms with Crippen LogP contribution in [0.25, 0.3) is 0 Å². The number of nitrogens with one attached hydrogen (secondary N) is 1. The Morgan fingerprint density at radius 1 is 1.40 bits per heavy atom. The normalized spacial score (nSPS) is 10.7. The Kier molecular flexibility index (Phi) is 4.04. The molecule has 2 aromatic rings. The SMILES string of the molecule is Cc1nn(CC(=O)Nc2cc(F)ccc2F)c(C)c1Cl. The van der Waals surface area contributed by atoms with Crippen molar-refractivity contribution in [2.45, 2.75) is 20.4 Å². The molecular formula is C13H12ClF2N3O. The summed E-state index contributed by atoms with van der Waals surface area (Å²) in [4.78, 5) is 11.8. The minimum Gasteiger partial charge on any atom is -0.322 e. The van der Waals surface area contributed by atoms with E-state index in [2.05, 4.69) is 10.4 Å². The first-order valence-electron chi connectivity index (χ1n) is 5.83. The second kappa shape index (κ2) is 5.58. The van der Waals surface area contributed by atoms with E-state index in [0.717, 1.165) is 18.2 Å². The minimum atomic E-state index is -0.703. The standard InChI is InChI=1S/C13H12ClF2N3O/c1-7-13(14)8(2)19(18-7)6-12(20)17-11-5-9(15)3-4-10(11)16/h3-5H,6H2,1-2H3,(H,17,20). The fourth-order valence-corrected chi connectivity index (χ4v) is 1.88. The Balaban J connectivity index is 2.13. The molecule has 7 heteroatoms. The van der Waals surface area contributed by atoms with Crippen molar-refractivity contribution in [3.05, 3.63) is 46.2 Å². The molecule has 4 nitrogen and oxygen atoms in total. The number of aryl methyl sites for hydroxylation is 1. The predicted octanol–water partition coefficient (Wildman–Crippen LogP) is 3.07. The molecule has 0 saturated heterocycles. The van der Waals surface area contributed by atoms with Gasteiger partial charge in [0.2, 0.25) is 5.91 Å². The molecule has 0 aliphatic heterocycles. The molecule has 0 aliphatic carbocycles.